The molecule has 5 aromatic heterocycles. The number of halogens is 1. The van der Waals surface area contributed by atoms with Crippen molar-refractivity contribution < 1.29 is 9.18 Å². The summed E-state index contributed by atoms with van der Waals surface area (Å²) in [5.74, 6) is 0.386. The van der Waals surface area contributed by atoms with E-state index in [0.717, 1.165) is 58.8 Å². The molecule has 10 heteroatoms. The number of hydrogen-bond acceptors (Lipinski definition) is 6. The van der Waals surface area contributed by atoms with Gasteiger partial charge in [0, 0.05) is 34.8 Å². The Kier molecular flexibility index (Phi) is 5.58. The lowest BCUT2D eigenvalue weighted by Gasteiger charge is -2.11. The van der Waals surface area contributed by atoms with Crippen molar-refractivity contribution in [3.05, 3.63) is 73.2 Å². The number of fused-ring (bicyclic) bond motifs is 2. The maximum atomic E-state index is 13.5. The van der Waals surface area contributed by atoms with E-state index in [2.05, 4.69) is 35.5 Å². The molecule has 192 valence electrons. The lowest BCUT2D eigenvalue weighted by atomic mass is 10.1. The molecule has 0 radical (unpaired) electrons. The van der Waals surface area contributed by atoms with Crippen molar-refractivity contribution in [1.82, 2.24) is 35.1 Å². The summed E-state index contributed by atoms with van der Waals surface area (Å²) in [5.41, 5.74) is 6.58. The van der Waals surface area contributed by atoms with Gasteiger partial charge in [0.2, 0.25) is 5.91 Å². The van der Waals surface area contributed by atoms with Crippen LogP contribution in [0.1, 0.15) is 25.7 Å². The van der Waals surface area contributed by atoms with Crippen LogP contribution in [0.4, 0.5) is 10.1 Å². The van der Waals surface area contributed by atoms with Crippen LogP contribution in [-0.4, -0.2) is 41.0 Å². The third kappa shape index (κ3) is 4.29. The molecule has 5 heterocycles. The van der Waals surface area contributed by atoms with Gasteiger partial charge in [0.15, 0.2) is 5.82 Å². The zero-order valence-corrected chi connectivity index (χ0v) is 20.8. The van der Waals surface area contributed by atoms with Gasteiger partial charge in [-0.3, -0.25) is 24.8 Å². The highest BCUT2D eigenvalue weighted by atomic mass is 19.1. The summed E-state index contributed by atoms with van der Waals surface area (Å²) >= 11 is 0. The minimum absolute atomic E-state index is 0.0476. The van der Waals surface area contributed by atoms with Crippen LogP contribution in [-0.2, 0) is 4.79 Å². The number of aromatic nitrogens is 7. The summed E-state index contributed by atoms with van der Waals surface area (Å²) in [6.45, 7) is 0. The molecule has 7 rings (SSSR count). The van der Waals surface area contributed by atoms with E-state index >= 15 is 0 Å². The fourth-order valence-corrected chi connectivity index (χ4v) is 5.22. The molecule has 0 bridgehead atoms. The predicted octanol–water partition coefficient (Wildman–Crippen LogP) is 5.89. The van der Waals surface area contributed by atoms with Gasteiger partial charge in [0.25, 0.3) is 0 Å². The Bertz CT molecular complexity index is 1840. The van der Waals surface area contributed by atoms with Gasteiger partial charge in [0.1, 0.15) is 11.5 Å². The number of anilines is 1. The minimum atomic E-state index is -0.300. The Balaban J connectivity index is 1.24. The maximum Gasteiger partial charge on any atom is 0.227 e. The number of rotatable bonds is 5. The first-order valence-electron chi connectivity index (χ1n) is 12.8. The summed E-state index contributed by atoms with van der Waals surface area (Å²) in [7, 11) is 0. The predicted molar refractivity (Wildman–Crippen MR) is 146 cm³/mol. The molecule has 1 saturated carbocycles. The summed E-state index contributed by atoms with van der Waals surface area (Å²) in [4.78, 5) is 34.0. The topological polar surface area (TPSA) is 125 Å². The Morgan fingerprint density at radius 3 is 2.59 bits per heavy atom. The van der Waals surface area contributed by atoms with Crippen LogP contribution in [0.2, 0.25) is 0 Å². The SMILES string of the molecule is O=C(Nc1cncc(-c2cc3c(-c4nc5c(-c6ccc(F)cc6)cncc5[nH]4)n[nH]c3cn2)c1)C1CCCC1. The molecule has 0 unspecified atom stereocenters. The van der Waals surface area contributed by atoms with E-state index in [9.17, 15) is 9.18 Å². The quantitative estimate of drug-likeness (QED) is 0.261. The summed E-state index contributed by atoms with van der Waals surface area (Å²) < 4.78 is 13.5. The summed E-state index contributed by atoms with van der Waals surface area (Å²) in [5, 5.41) is 11.4. The normalized spacial score (nSPS) is 13.9. The second-order valence-electron chi connectivity index (χ2n) is 9.80. The second-order valence-corrected chi connectivity index (χ2v) is 9.80. The van der Waals surface area contributed by atoms with Crippen LogP contribution >= 0.6 is 0 Å². The van der Waals surface area contributed by atoms with Crippen molar-refractivity contribution in [2.75, 3.05) is 5.32 Å². The molecule has 39 heavy (non-hydrogen) atoms. The van der Waals surface area contributed by atoms with Gasteiger partial charge in [-0.25, -0.2) is 9.37 Å². The first-order valence-corrected chi connectivity index (χ1v) is 12.8. The van der Waals surface area contributed by atoms with Crippen LogP contribution in [0.25, 0.3) is 55.8 Å². The molecule has 0 spiro atoms. The standard InChI is InChI=1S/C29H23FN8O/c30-19-7-5-16(6-8-19)22-13-32-14-25-26(22)36-28(35-25)27-21-10-23(33-15-24(21)37-38-27)18-9-20(12-31-11-18)34-29(39)17-3-1-2-4-17/h5-15,17H,1-4H2,(H,34,39)(H,35,36)(H,37,38). The number of hydrogen-bond donors (Lipinski definition) is 3. The Labute approximate surface area is 222 Å². The monoisotopic (exact) mass is 518 g/mol. The Morgan fingerprint density at radius 1 is 0.923 bits per heavy atom. The molecule has 0 aliphatic heterocycles. The fourth-order valence-electron chi connectivity index (χ4n) is 5.22. The van der Waals surface area contributed by atoms with Crippen molar-refractivity contribution in [1.29, 1.82) is 0 Å². The van der Waals surface area contributed by atoms with Crippen LogP contribution in [0.3, 0.4) is 0 Å². The third-order valence-electron chi connectivity index (χ3n) is 7.25. The number of carbonyl (C=O) groups excluding carboxylic acids is 1. The van der Waals surface area contributed by atoms with Crippen LogP contribution < -0.4 is 5.32 Å². The largest absolute Gasteiger partial charge is 0.335 e. The fraction of sp³-hybridized carbons (Fsp3) is 0.172. The van der Waals surface area contributed by atoms with Gasteiger partial charge in [-0.05, 0) is 42.7 Å². The number of imidazole rings is 1. The smallest absolute Gasteiger partial charge is 0.227 e. The lowest BCUT2D eigenvalue weighted by Crippen LogP contribution is -2.20. The van der Waals surface area contributed by atoms with Crippen molar-refractivity contribution in [2.45, 2.75) is 25.7 Å². The van der Waals surface area contributed by atoms with E-state index in [4.69, 9.17) is 4.98 Å². The third-order valence-corrected chi connectivity index (χ3v) is 7.25. The molecule has 0 saturated heterocycles. The van der Waals surface area contributed by atoms with Crippen LogP contribution in [0, 0.1) is 11.7 Å². The van der Waals surface area contributed by atoms with Crippen molar-refractivity contribution in [3.63, 3.8) is 0 Å². The van der Waals surface area contributed by atoms with Gasteiger partial charge in [-0.15, -0.1) is 0 Å². The number of aromatic amines is 2. The number of H-pyrrole nitrogens is 2. The van der Waals surface area contributed by atoms with E-state index in [-0.39, 0.29) is 17.6 Å². The molecular formula is C29H23FN8O. The van der Waals surface area contributed by atoms with E-state index in [1.807, 2.05) is 12.1 Å². The lowest BCUT2D eigenvalue weighted by molar-refractivity contribution is -0.119. The first kappa shape index (κ1) is 23.2. The number of nitrogens with zero attached hydrogens (tertiary/aromatic N) is 5. The molecule has 1 fully saturated rings. The highest BCUT2D eigenvalue weighted by Gasteiger charge is 2.23. The van der Waals surface area contributed by atoms with Crippen molar-refractivity contribution in [3.8, 4) is 33.9 Å². The number of nitrogens with one attached hydrogen (secondary N) is 3. The Hall–Kier alpha value is -4.99. The zero-order valence-electron chi connectivity index (χ0n) is 20.8. The second kappa shape index (κ2) is 9.39. The van der Waals surface area contributed by atoms with Gasteiger partial charge >= 0.3 is 0 Å². The zero-order chi connectivity index (χ0) is 26.3. The van der Waals surface area contributed by atoms with Gasteiger partial charge in [-0.2, -0.15) is 5.10 Å². The van der Waals surface area contributed by atoms with E-state index < -0.39 is 0 Å². The van der Waals surface area contributed by atoms with Gasteiger partial charge in [0.05, 0.1) is 46.5 Å². The molecule has 1 aliphatic carbocycles. The Morgan fingerprint density at radius 2 is 1.74 bits per heavy atom. The van der Waals surface area contributed by atoms with Gasteiger partial charge < -0.3 is 10.3 Å². The number of benzene rings is 1. The van der Waals surface area contributed by atoms with Crippen LogP contribution in [0.5, 0.6) is 0 Å². The van der Waals surface area contributed by atoms with Crippen LogP contribution in [0.15, 0.2) is 67.4 Å². The number of carbonyl (C=O) groups is 1. The highest BCUT2D eigenvalue weighted by Crippen LogP contribution is 2.32. The molecular weight excluding hydrogens is 495 g/mol. The first-order chi connectivity index (χ1) is 19.1. The number of pyridine rings is 3. The average molecular weight is 519 g/mol. The maximum absolute atomic E-state index is 13.5. The van der Waals surface area contributed by atoms with Crippen molar-refractivity contribution >= 4 is 33.5 Å². The molecule has 0 atom stereocenters. The average Bonchev–Trinajstić information content (AvgIpc) is 3.73. The van der Waals surface area contributed by atoms with E-state index in [1.54, 1.807) is 43.1 Å². The summed E-state index contributed by atoms with van der Waals surface area (Å²) in [6.07, 6.45) is 12.6. The molecule has 1 aliphatic rings. The molecule has 3 N–H and O–H groups in total. The van der Waals surface area contributed by atoms with E-state index in [1.165, 1.54) is 12.1 Å². The minimum Gasteiger partial charge on any atom is -0.335 e. The molecule has 6 aromatic rings. The van der Waals surface area contributed by atoms with Crippen molar-refractivity contribution in [2.24, 2.45) is 5.92 Å². The van der Waals surface area contributed by atoms with E-state index in [0.29, 0.717) is 28.4 Å². The highest BCUT2D eigenvalue weighted by molar-refractivity contribution is 5.97. The molecule has 9 nitrogen and oxygen atoms in total. The van der Waals surface area contributed by atoms with Gasteiger partial charge in [-0.1, -0.05) is 25.0 Å². The number of amides is 1. The summed E-state index contributed by atoms with van der Waals surface area (Å²) in [6, 6.07) is 10.1. The molecule has 1 amide bonds. The molecule has 1 aromatic carbocycles.